The van der Waals surface area contributed by atoms with Crippen LogP contribution >= 0.6 is 0 Å². The summed E-state index contributed by atoms with van der Waals surface area (Å²) < 4.78 is 1.94. The number of aliphatic hydroxyl groups is 1. The van der Waals surface area contributed by atoms with E-state index in [0.717, 1.165) is 56.1 Å². The number of hydrogen-bond acceptors (Lipinski definition) is 5. The van der Waals surface area contributed by atoms with E-state index < -0.39 is 0 Å². The van der Waals surface area contributed by atoms with Crippen LogP contribution in [0.25, 0.3) is 5.65 Å². The van der Waals surface area contributed by atoms with Crippen molar-refractivity contribution in [3.63, 3.8) is 0 Å². The minimum absolute atomic E-state index is 0.0933. The Morgan fingerprint density at radius 1 is 1.28 bits per heavy atom. The smallest absolute Gasteiger partial charge is 0.159 e. The molecule has 0 aliphatic carbocycles. The summed E-state index contributed by atoms with van der Waals surface area (Å²) in [7, 11) is 2.21. The highest BCUT2D eigenvalue weighted by Crippen LogP contribution is 2.41. The Morgan fingerprint density at radius 3 is 2.92 bits per heavy atom. The van der Waals surface area contributed by atoms with Crippen molar-refractivity contribution in [2.75, 3.05) is 33.3 Å². The van der Waals surface area contributed by atoms with Gasteiger partial charge in [-0.1, -0.05) is 0 Å². The van der Waals surface area contributed by atoms with Gasteiger partial charge >= 0.3 is 0 Å². The first-order valence-corrected chi connectivity index (χ1v) is 9.37. The predicted octanol–water partition coefficient (Wildman–Crippen LogP) is 1.62. The molecule has 2 aliphatic heterocycles. The Labute approximate surface area is 149 Å². The molecule has 0 radical (unpaired) electrons. The lowest BCUT2D eigenvalue weighted by molar-refractivity contribution is -0.0684. The third-order valence-corrected chi connectivity index (χ3v) is 6.34. The highest BCUT2D eigenvalue weighted by Gasteiger charge is 2.46. The molecule has 2 aliphatic rings. The second-order valence-electron chi connectivity index (χ2n) is 8.05. The van der Waals surface area contributed by atoms with Gasteiger partial charge in [-0.2, -0.15) is 5.10 Å². The number of nitrogens with zero attached hydrogens (tertiary/aromatic N) is 5. The van der Waals surface area contributed by atoms with Gasteiger partial charge in [-0.25, -0.2) is 9.50 Å². The first-order valence-electron chi connectivity index (χ1n) is 9.37. The molecule has 2 fully saturated rings. The van der Waals surface area contributed by atoms with E-state index in [4.69, 9.17) is 4.98 Å². The number of fused-ring (bicyclic) bond motifs is 2. The van der Waals surface area contributed by atoms with Crippen molar-refractivity contribution in [2.24, 2.45) is 5.41 Å². The van der Waals surface area contributed by atoms with Gasteiger partial charge in [0.2, 0.25) is 0 Å². The van der Waals surface area contributed by atoms with E-state index in [2.05, 4.69) is 34.9 Å². The van der Waals surface area contributed by atoms with Crippen LogP contribution in [0.2, 0.25) is 0 Å². The molecule has 2 aromatic heterocycles. The summed E-state index contributed by atoms with van der Waals surface area (Å²) in [4.78, 5) is 9.68. The Morgan fingerprint density at radius 2 is 2.12 bits per heavy atom. The van der Waals surface area contributed by atoms with Crippen molar-refractivity contribution in [1.29, 1.82) is 0 Å². The Bertz CT molecular complexity index is 773. The minimum Gasteiger partial charge on any atom is -0.396 e. The topological polar surface area (TPSA) is 56.9 Å². The quantitative estimate of drug-likeness (QED) is 0.918. The van der Waals surface area contributed by atoms with Crippen molar-refractivity contribution in [3.8, 4) is 0 Å². The Balaban J connectivity index is 1.56. The average molecular weight is 343 g/mol. The van der Waals surface area contributed by atoms with Crippen LogP contribution in [0.5, 0.6) is 0 Å². The summed E-state index contributed by atoms with van der Waals surface area (Å²) >= 11 is 0. The summed E-state index contributed by atoms with van der Waals surface area (Å²) in [6, 6.07) is 2.51. The standard InChI is InChI=1S/C19H29N5O/c1-14-9-15(2)24-18(21-14)16(10-20-24)11-23-8-6-19(13-25)5-4-7-22(3)17(19)12-23/h9-10,17,25H,4-8,11-13H2,1-3H3/t17-,19-/m1/s1. The number of piperidine rings is 2. The molecule has 6 nitrogen and oxygen atoms in total. The molecule has 25 heavy (non-hydrogen) atoms. The predicted molar refractivity (Wildman–Crippen MR) is 97.5 cm³/mol. The van der Waals surface area contributed by atoms with Crippen LogP contribution in [0.1, 0.15) is 36.2 Å². The third kappa shape index (κ3) is 2.86. The maximum absolute atomic E-state index is 10.1. The van der Waals surface area contributed by atoms with E-state index in [9.17, 15) is 5.11 Å². The molecule has 1 N–H and O–H groups in total. The van der Waals surface area contributed by atoms with E-state index in [1.807, 2.05) is 17.6 Å². The minimum atomic E-state index is 0.0933. The molecule has 4 heterocycles. The van der Waals surface area contributed by atoms with Crippen LogP contribution in [0.3, 0.4) is 0 Å². The molecule has 0 spiro atoms. The zero-order valence-corrected chi connectivity index (χ0v) is 15.6. The van der Waals surface area contributed by atoms with Crippen molar-refractivity contribution >= 4 is 5.65 Å². The fraction of sp³-hybridized carbons (Fsp3) is 0.684. The summed E-state index contributed by atoms with van der Waals surface area (Å²) in [6.07, 6.45) is 5.39. The average Bonchev–Trinajstić information content (AvgIpc) is 2.99. The van der Waals surface area contributed by atoms with Crippen LogP contribution in [0.4, 0.5) is 0 Å². The third-order valence-electron chi connectivity index (χ3n) is 6.34. The number of aromatic nitrogens is 3. The van der Waals surface area contributed by atoms with Crippen LogP contribution in [0.15, 0.2) is 12.3 Å². The van der Waals surface area contributed by atoms with Crippen molar-refractivity contribution in [1.82, 2.24) is 24.4 Å². The normalized spacial score (nSPS) is 28.4. The zero-order valence-electron chi connectivity index (χ0n) is 15.6. The van der Waals surface area contributed by atoms with Crippen LogP contribution in [-0.4, -0.2) is 68.8 Å². The van der Waals surface area contributed by atoms with Crippen LogP contribution in [0, 0.1) is 19.3 Å². The number of rotatable bonds is 3. The highest BCUT2D eigenvalue weighted by atomic mass is 16.3. The molecule has 0 bridgehead atoms. The molecule has 0 aromatic carbocycles. The summed E-state index contributed by atoms with van der Waals surface area (Å²) in [5, 5.41) is 14.6. The van der Waals surface area contributed by atoms with Crippen LogP contribution in [-0.2, 0) is 6.54 Å². The van der Waals surface area contributed by atoms with E-state index in [-0.39, 0.29) is 5.41 Å². The molecule has 136 valence electrons. The fourth-order valence-electron chi connectivity index (χ4n) is 4.89. The lowest BCUT2D eigenvalue weighted by Gasteiger charge is -2.53. The number of hydrogen-bond donors (Lipinski definition) is 1. The van der Waals surface area contributed by atoms with Crippen molar-refractivity contribution in [2.45, 2.75) is 45.7 Å². The molecular formula is C19H29N5O. The van der Waals surface area contributed by atoms with Gasteiger partial charge in [0.1, 0.15) is 0 Å². The van der Waals surface area contributed by atoms with E-state index >= 15 is 0 Å². The molecule has 4 rings (SSSR count). The summed E-state index contributed by atoms with van der Waals surface area (Å²) in [5.41, 5.74) is 4.43. The highest BCUT2D eigenvalue weighted by molar-refractivity contribution is 5.47. The van der Waals surface area contributed by atoms with Gasteiger partial charge in [0.15, 0.2) is 5.65 Å². The van der Waals surface area contributed by atoms with Gasteiger partial charge in [0.25, 0.3) is 0 Å². The van der Waals surface area contributed by atoms with Gasteiger partial charge in [0, 0.05) is 41.5 Å². The van der Waals surface area contributed by atoms with E-state index in [1.54, 1.807) is 0 Å². The van der Waals surface area contributed by atoms with Crippen LogP contribution < -0.4 is 0 Å². The number of likely N-dealkylation sites (N-methyl/N-ethyl adjacent to an activating group) is 1. The van der Waals surface area contributed by atoms with Gasteiger partial charge in [0.05, 0.1) is 12.8 Å². The molecular weight excluding hydrogens is 314 g/mol. The van der Waals surface area contributed by atoms with Crippen molar-refractivity contribution in [3.05, 3.63) is 29.2 Å². The molecule has 2 saturated heterocycles. The van der Waals surface area contributed by atoms with Gasteiger partial charge < -0.3 is 10.0 Å². The molecule has 0 amide bonds. The van der Waals surface area contributed by atoms with Crippen molar-refractivity contribution < 1.29 is 5.11 Å². The van der Waals surface area contributed by atoms with Gasteiger partial charge in [-0.15, -0.1) is 0 Å². The lowest BCUT2D eigenvalue weighted by atomic mass is 9.69. The largest absolute Gasteiger partial charge is 0.396 e. The molecule has 6 heteroatoms. The lowest BCUT2D eigenvalue weighted by Crippen LogP contribution is -2.61. The summed E-state index contributed by atoms with van der Waals surface area (Å²) in [5.74, 6) is 0. The van der Waals surface area contributed by atoms with E-state index in [1.165, 1.54) is 12.0 Å². The zero-order chi connectivity index (χ0) is 17.6. The first kappa shape index (κ1) is 16.9. The second-order valence-corrected chi connectivity index (χ2v) is 8.05. The van der Waals surface area contributed by atoms with E-state index in [0.29, 0.717) is 12.6 Å². The number of aliphatic hydroxyl groups excluding tert-OH is 1. The SMILES string of the molecule is Cc1cc(C)n2ncc(CN3CC[C@@]4(CO)CCCN(C)[C@@H]4C3)c2n1. The Hall–Kier alpha value is -1.50. The Kier molecular flexibility index (Phi) is 4.30. The maximum Gasteiger partial charge on any atom is 0.159 e. The molecule has 2 aromatic rings. The maximum atomic E-state index is 10.1. The van der Waals surface area contributed by atoms with Gasteiger partial charge in [-0.3, -0.25) is 4.90 Å². The summed E-state index contributed by atoms with van der Waals surface area (Å²) in [6.45, 7) is 8.49. The number of likely N-dealkylation sites (tertiary alicyclic amines) is 2. The molecule has 0 unspecified atom stereocenters. The monoisotopic (exact) mass is 343 g/mol. The van der Waals surface area contributed by atoms with Gasteiger partial charge in [-0.05, 0) is 59.3 Å². The second kappa shape index (κ2) is 6.34. The first-order chi connectivity index (χ1) is 12.0. The molecule has 2 atom stereocenters. The fourth-order valence-corrected chi connectivity index (χ4v) is 4.89. The molecule has 0 saturated carbocycles. The number of aryl methyl sites for hydroxylation is 2.